The Morgan fingerprint density at radius 3 is 2.61 bits per heavy atom. The van der Waals surface area contributed by atoms with Crippen molar-refractivity contribution in [2.45, 2.75) is 6.54 Å². The van der Waals surface area contributed by atoms with Gasteiger partial charge in [0.15, 0.2) is 0 Å². The van der Waals surface area contributed by atoms with Gasteiger partial charge in [0.25, 0.3) is 5.91 Å². The Morgan fingerprint density at radius 1 is 1.17 bits per heavy atom. The molecule has 0 atom stereocenters. The van der Waals surface area contributed by atoms with E-state index < -0.39 is 5.97 Å². The van der Waals surface area contributed by atoms with E-state index >= 15 is 0 Å². The highest BCUT2D eigenvalue weighted by Gasteiger charge is 2.09. The Morgan fingerprint density at radius 2 is 1.94 bits per heavy atom. The zero-order chi connectivity index (χ0) is 13.0. The van der Waals surface area contributed by atoms with Gasteiger partial charge in [-0.1, -0.05) is 6.07 Å². The van der Waals surface area contributed by atoms with Crippen molar-refractivity contribution < 1.29 is 19.1 Å². The minimum atomic E-state index is -1.06. The summed E-state index contributed by atoms with van der Waals surface area (Å²) in [4.78, 5) is 22.5. The first-order valence-electron chi connectivity index (χ1n) is 5.31. The van der Waals surface area contributed by atoms with E-state index in [4.69, 9.17) is 9.52 Å². The second-order valence-corrected chi connectivity index (χ2v) is 3.65. The molecule has 0 aliphatic heterocycles. The highest BCUT2D eigenvalue weighted by atomic mass is 16.4. The Bertz CT molecular complexity index is 560. The lowest BCUT2D eigenvalue weighted by atomic mass is 10.1. The van der Waals surface area contributed by atoms with Crippen molar-refractivity contribution in [2.75, 3.05) is 0 Å². The molecule has 5 nitrogen and oxygen atoms in total. The van der Waals surface area contributed by atoms with Gasteiger partial charge >= 0.3 is 5.97 Å². The maximum Gasteiger partial charge on any atom is 0.335 e. The van der Waals surface area contributed by atoms with E-state index in [2.05, 4.69) is 5.32 Å². The van der Waals surface area contributed by atoms with Gasteiger partial charge in [-0.2, -0.15) is 0 Å². The topological polar surface area (TPSA) is 79.5 Å². The molecule has 0 bridgehead atoms. The lowest BCUT2D eigenvalue weighted by Crippen LogP contribution is -2.22. The second-order valence-electron chi connectivity index (χ2n) is 3.65. The number of carbonyl (C=O) groups is 2. The molecule has 1 aromatic heterocycles. The number of rotatable bonds is 4. The van der Waals surface area contributed by atoms with Crippen LogP contribution in [0.1, 0.15) is 26.5 Å². The van der Waals surface area contributed by atoms with E-state index in [1.165, 1.54) is 24.5 Å². The van der Waals surface area contributed by atoms with Crippen LogP contribution in [0.25, 0.3) is 0 Å². The third-order valence-electron chi connectivity index (χ3n) is 2.37. The van der Waals surface area contributed by atoms with Crippen LogP contribution in [-0.2, 0) is 6.54 Å². The SMILES string of the molecule is O=C(O)c1cccc(C(=O)NCc2ccco2)c1. The predicted molar refractivity (Wildman–Crippen MR) is 63.3 cm³/mol. The minimum absolute atomic E-state index is 0.0839. The molecule has 1 heterocycles. The van der Waals surface area contributed by atoms with Crippen molar-refractivity contribution >= 4 is 11.9 Å². The van der Waals surface area contributed by atoms with Crippen LogP contribution < -0.4 is 5.32 Å². The molecule has 0 saturated carbocycles. The molecule has 0 saturated heterocycles. The number of benzene rings is 1. The van der Waals surface area contributed by atoms with Crippen LogP contribution in [0.2, 0.25) is 0 Å². The van der Waals surface area contributed by atoms with Crippen molar-refractivity contribution in [1.29, 1.82) is 0 Å². The summed E-state index contributed by atoms with van der Waals surface area (Å²) in [7, 11) is 0. The Kier molecular flexibility index (Phi) is 3.43. The zero-order valence-electron chi connectivity index (χ0n) is 9.42. The lowest BCUT2D eigenvalue weighted by molar-refractivity contribution is 0.0697. The maximum atomic E-state index is 11.8. The Hall–Kier alpha value is -2.56. The number of aromatic carboxylic acids is 1. The number of amides is 1. The van der Waals surface area contributed by atoms with E-state index in [-0.39, 0.29) is 18.0 Å². The van der Waals surface area contributed by atoms with Gasteiger partial charge in [-0.15, -0.1) is 0 Å². The van der Waals surface area contributed by atoms with Gasteiger partial charge in [-0.25, -0.2) is 4.79 Å². The molecule has 5 heteroatoms. The van der Waals surface area contributed by atoms with Gasteiger partial charge in [-0.05, 0) is 30.3 Å². The molecular formula is C13H11NO4. The standard InChI is InChI=1S/C13H11NO4/c15-12(14-8-11-5-2-6-18-11)9-3-1-4-10(7-9)13(16)17/h1-7H,8H2,(H,14,15)(H,16,17). The predicted octanol–water partition coefficient (Wildman–Crippen LogP) is 1.91. The van der Waals surface area contributed by atoms with Crippen molar-refractivity contribution in [3.63, 3.8) is 0 Å². The smallest absolute Gasteiger partial charge is 0.335 e. The number of carboxylic acid groups (broad SMARTS) is 1. The van der Waals surface area contributed by atoms with Gasteiger partial charge in [0.05, 0.1) is 18.4 Å². The van der Waals surface area contributed by atoms with Gasteiger partial charge in [0, 0.05) is 5.56 Å². The first-order chi connectivity index (χ1) is 8.66. The highest BCUT2D eigenvalue weighted by molar-refractivity contribution is 5.97. The summed E-state index contributed by atoms with van der Waals surface area (Å²) in [6.07, 6.45) is 1.52. The van der Waals surface area contributed by atoms with E-state index in [0.29, 0.717) is 11.3 Å². The minimum Gasteiger partial charge on any atom is -0.478 e. The molecule has 0 aliphatic carbocycles. The monoisotopic (exact) mass is 245 g/mol. The summed E-state index contributed by atoms with van der Waals surface area (Å²) in [5, 5.41) is 11.5. The number of furan rings is 1. The van der Waals surface area contributed by atoms with Crippen LogP contribution in [0, 0.1) is 0 Å². The van der Waals surface area contributed by atoms with Crippen molar-refractivity contribution in [2.24, 2.45) is 0 Å². The summed E-state index contributed by atoms with van der Waals surface area (Å²) < 4.78 is 5.07. The largest absolute Gasteiger partial charge is 0.478 e. The molecule has 1 aromatic carbocycles. The highest BCUT2D eigenvalue weighted by Crippen LogP contribution is 2.06. The van der Waals surface area contributed by atoms with Crippen molar-refractivity contribution in [3.8, 4) is 0 Å². The average molecular weight is 245 g/mol. The fourth-order valence-corrected chi connectivity index (χ4v) is 1.48. The third-order valence-corrected chi connectivity index (χ3v) is 2.37. The fraction of sp³-hybridized carbons (Fsp3) is 0.0769. The van der Waals surface area contributed by atoms with Crippen LogP contribution in [0.15, 0.2) is 47.1 Å². The molecule has 18 heavy (non-hydrogen) atoms. The molecule has 0 unspecified atom stereocenters. The molecule has 0 radical (unpaired) electrons. The molecule has 92 valence electrons. The summed E-state index contributed by atoms with van der Waals surface area (Å²) >= 11 is 0. The average Bonchev–Trinajstić information content (AvgIpc) is 2.89. The fourth-order valence-electron chi connectivity index (χ4n) is 1.48. The van der Waals surface area contributed by atoms with Gasteiger partial charge in [0.1, 0.15) is 5.76 Å². The van der Waals surface area contributed by atoms with Crippen LogP contribution in [-0.4, -0.2) is 17.0 Å². The molecule has 1 amide bonds. The van der Waals surface area contributed by atoms with E-state index in [1.54, 1.807) is 18.2 Å². The second kappa shape index (κ2) is 5.18. The summed E-state index contributed by atoms with van der Waals surface area (Å²) in [5.41, 5.74) is 0.391. The number of carboxylic acids is 1. The van der Waals surface area contributed by atoms with Gasteiger partial charge < -0.3 is 14.8 Å². The normalized spacial score (nSPS) is 10.0. The molecule has 0 aliphatic rings. The summed E-state index contributed by atoms with van der Waals surface area (Å²) in [5.74, 6) is -0.761. The quantitative estimate of drug-likeness (QED) is 0.862. The van der Waals surface area contributed by atoms with Crippen LogP contribution in [0.4, 0.5) is 0 Å². The van der Waals surface area contributed by atoms with Crippen LogP contribution >= 0.6 is 0 Å². The van der Waals surface area contributed by atoms with E-state index in [9.17, 15) is 9.59 Å². The number of hydrogen-bond donors (Lipinski definition) is 2. The third kappa shape index (κ3) is 2.76. The number of hydrogen-bond acceptors (Lipinski definition) is 3. The number of carbonyl (C=O) groups excluding carboxylic acids is 1. The molecule has 0 fully saturated rings. The summed E-state index contributed by atoms with van der Waals surface area (Å²) in [6, 6.07) is 9.33. The first kappa shape index (κ1) is 11.9. The zero-order valence-corrected chi connectivity index (χ0v) is 9.42. The molecule has 2 aromatic rings. The first-order valence-corrected chi connectivity index (χ1v) is 5.31. The Labute approximate surface area is 103 Å². The summed E-state index contributed by atoms with van der Waals surface area (Å²) in [6.45, 7) is 0.267. The maximum absolute atomic E-state index is 11.8. The Balaban J connectivity index is 2.04. The van der Waals surface area contributed by atoms with Crippen LogP contribution in [0.3, 0.4) is 0 Å². The molecule has 2 N–H and O–H groups in total. The molecular weight excluding hydrogens is 234 g/mol. The van der Waals surface area contributed by atoms with E-state index in [0.717, 1.165) is 0 Å². The molecule has 0 spiro atoms. The van der Waals surface area contributed by atoms with Gasteiger partial charge in [0.2, 0.25) is 0 Å². The number of nitrogens with one attached hydrogen (secondary N) is 1. The van der Waals surface area contributed by atoms with E-state index in [1.807, 2.05) is 0 Å². The van der Waals surface area contributed by atoms with Crippen molar-refractivity contribution in [3.05, 3.63) is 59.5 Å². The lowest BCUT2D eigenvalue weighted by Gasteiger charge is -2.04. The van der Waals surface area contributed by atoms with Crippen molar-refractivity contribution in [1.82, 2.24) is 5.32 Å². The van der Waals surface area contributed by atoms with Gasteiger partial charge in [-0.3, -0.25) is 4.79 Å². The van der Waals surface area contributed by atoms with Crippen LogP contribution in [0.5, 0.6) is 0 Å². The molecule has 2 rings (SSSR count).